The van der Waals surface area contributed by atoms with Crippen LogP contribution in [0.25, 0.3) is 11.0 Å². The van der Waals surface area contributed by atoms with Crippen molar-refractivity contribution in [2.75, 3.05) is 0 Å². The van der Waals surface area contributed by atoms with Crippen molar-refractivity contribution in [2.45, 2.75) is 26.4 Å². The van der Waals surface area contributed by atoms with Gasteiger partial charge in [-0.05, 0) is 22.0 Å². The highest BCUT2D eigenvalue weighted by Gasteiger charge is 2.17. The van der Waals surface area contributed by atoms with Crippen molar-refractivity contribution in [3.8, 4) is 0 Å². The lowest BCUT2D eigenvalue weighted by atomic mass is 10.1. The summed E-state index contributed by atoms with van der Waals surface area (Å²) in [6.45, 7) is 4.57. The summed E-state index contributed by atoms with van der Waals surface area (Å²) in [4.78, 5) is 0. The van der Waals surface area contributed by atoms with Crippen molar-refractivity contribution < 1.29 is 13.2 Å². The Morgan fingerprint density at radius 2 is 2.12 bits per heavy atom. The molecule has 0 aliphatic rings. The van der Waals surface area contributed by atoms with E-state index in [1.807, 2.05) is 13.8 Å². The minimum atomic E-state index is -0.945. The smallest absolute Gasteiger partial charge is 0.201 e. The standard InChI is InChI=1S/C12H12BrF2NO/c1-6(2)16-4-7-5-17-12-10(7)8(13)3-9(14)11(12)15/h3,5-6,16H,4H2,1-2H3. The largest absolute Gasteiger partial charge is 0.461 e. The van der Waals surface area contributed by atoms with Crippen molar-refractivity contribution in [3.63, 3.8) is 0 Å². The van der Waals surface area contributed by atoms with E-state index >= 15 is 0 Å². The van der Waals surface area contributed by atoms with E-state index in [4.69, 9.17) is 4.42 Å². The second kappa shape index (κ2) is 4.74. The molecule has 2 nitrogen and oxygen atoms in total. The molecule has 0 amide bonds. The summed E-state index contributed by atoms with van der Waals surface area (Å²) in [5.74, 6) is -1.86. The first kappa shape index (κ1) is 12.5. The van der Waals surface area contributed by atoms with Crippen LogP contribution in [0.5, 0.6) is 0 Å². The zero-order valence-corrected chi connectivity index (χ0v) is 11.1. The third kappa shape index (κ3) is 2.35. The van der Waals surface area contributed by atoms with Gasteiger partial charge in [-0.25, -0.2) is 4.39 Å². The normalized spacial score (nSPS) is 11.6. The third-order valence-electron chi connectivity index (χ3n) is 2.47. The third-order valence-corrected chi connectivity index (χ3v) is 3.09. The van der Waals surface area contributed by atoms with Gasteiger partial charge in [0.2, 0.25) is 5.82 Å². The molecule has 1 N–H and O–H groups in total. The van der Waals surface area contributed by atoms with Gasteiger partial charge in [0.1, 0.15) is 0 Å². The minimum Gasteiger partial charge on any atom is -0.461 e. The second-order valence-corrected chi connectivity index (χ2v) is 5.01. The minimum absolute atomic E-state index is 0.0440. The number of fused-ring (bicyclic) bond motifs is 1. The summed E-state index contributed by atoms with van der Waals surface area (Å²) in [5.41, 5.74) is 0.761. The van der Waals surface area contributed by atoms with Crippen molar-refractivity contribution in [1.82, 2.24) is 5.32 Å². The van der Waals surface area contributed by atoms with Gasteiger partial charge >= 0.3 is 0 Å². The highest BCUT2D eigenvalue weighted by Crippen LogP contribution is 2.32. The van der Waals surface area contributed by atoms with Crippen molar-refractivity contribution >= 4 is 26.9 Å². The average Bonchev–Trinajstić information content (AvgIpc) is 2.67. The number of nitrogens with one attached hydrogen (secondary N) is 1. The first-order chi connectivity index (χ1) is 8.00. The van der Waals surface area contributed by atoms with E-state index in [9.17, 15) is 8.78 Å². The fourth-order valence-electron chi connectivity index (χ4n) is 1.62. The maximum Gasteiger partial charge on any atom is 0.201 e. The lowest BCUT2D eigenvalue weighted by molar-refractivity contribution is 0.490. The molecule has 0 saturated heterocycles. The molecule has 0 unspecified atom stereocenters. The first-order valence-corrected chi connectivity index (χ1v) is 6.07. The Labute approximate surface area is 106 Å². The highest BCUT2D eigenvalue weighted by atomic mass is 79.9. The zero-order valence-electron chi connectivity index (χ0n) is 9.48. The molecule has 0 radical (unpaired) electrons. The van der Waals surface area contributed by atoms with Gasteiger partial charge < -0.3 is 9.73 Å². The van der Waals surface area contributed by atoms with E-state index in [-0.39, 0.29) is 5.58 Å². The SMILES string of the molecule is CC(C)NCc1coc2c(F)c(F)cc(Br)c12. The highest BCUT2D eigenvalue weighted by molar-refractivity contribution is 9.10. The Kier molecular flexibility index (Phi) is 3.49. The summed E-state index contributed by atoms with van der Waals surface area (Å²) in [6, 6.07) is 1.43. The quantitative estimate of drug-likeness (QED) is 0.868. The van der Waals surface area contributed by atoms with Crippen LogP contribution in [0.2, 0.25) is 0 Å². The lowest BCUT2D eigenvalue weighted by Gasteiger charge is -2.06. The zero-order chi connectivity index (χ0) is 12.6. The molecule has 0 fully saturated rings. The molecule has 0 aliphatic heterocycles. The summed E-state index contributed by atoms with van der Waals surface area (Å²) in [6.07, 6.45) is 1.45. The molecule has 2 aromatic rings. The van der Waals surface area contributed by atoms with Crippen LogP contribution in [0, 0.1) is 11.6 Å². The average molecular weight is 304 g/mol. The summed E-state index contributed by atoms with van der Waals surface area (Å²) >= 11 is 3.22. The van der Waals surface area contributed by atoms with E-state index in [0.29, 0.717) is 22.4 Å². The molecule has 2 rings (SSSR count). The number of hydrogen-bond donors (Lipinski definition) is 1. The predicted octanol–water partition coefficient (Wildman–Crippen LogP) is 3.97. The fourth-order valence-corrected chi connectivity index (χ4v) is 2.25. The van der Waals surface area contributed by atoms with Crippen molar-refractivity contribution in [3.05, 3.63) is 34.0 Å². The van der Waals surface area contributed by atoms with Crippen molar-refractivity contribution in [2.24, 2.45) is 0 Å². The van der Waals surface area contributed by atoms with Gasteiger partial charge in [-0.1, -0.05) is 13.8 Å². The van der Waals surface area contributed by atoms with E-state index in [0.717, 1.165) is 11.6 Å². The van der Waals surface area contributed by atoms with Crippen LogP contribution in [0.4, 0.5) is 8.78 Å². The molecule has 17 heavy (non-hydrogen) atoms. The maximum absolute atomic E-state index is 13.5. The van der Waals surface area contributed by atoms with Gasteiger partial charge in [0, 0.05) is 28.0 Å². The molecule has 1 aromatic heterocycles. The van der Waals surface area contributed by atoms with Gasteiger partial charge in [0.15, 0.2) is 11.4 Å². The number of halogens is 3. The Morgan fingerprint density at radius 3 is 2.76 bits per heavy atom. The Hall–Kier alpha value is -0.940. The molecule has 1 aromatic carbocycles. The van der Waals surface area contributed by atoms with Crippen molar-refractivity contribution in [1.29, 1.82) is 0 Å². The fraction of sp³-hybridized carbons (Fsp3) is 0.333. The Bertz CT molecular complexity index is 551. The van der Waals surface area contributed by atoms with E-state index < -0.39 is 11.6 Å². The molecule has 92 valence electrons. The first-order valence-electron chi connectivity index (χ1n) is 5.27. The van der Waals surface area contributed by atoms with Crippen LogP contribution < -0.4 is 5.32 Å². The molecule has 5 heteroatoms. The number of furan rings is 1. The monoisotopic (exact) mass is 303 g/mol. The van der Waals surface area contributed by atoms with Gasteiger partial charge in [-0.3, -0.25) is 0 Å². The Morgan fingerprint density at radius 1 is 1.41 bits per heavy atom. The number of rotatable bonds is 3. The predicted molar refractivity (Wildman–Crippen MR) is 65.8 cm³/mol. The van der Waals surface area contributed by atoms with Crippen LogP contribution in [-0.2, 0) is 6.54 Å². The topological polar surface area (TPSA) is 25.2 Å². The summed E-state index contributed by atoms with van der Waals surface area (Å²) in [7, 11) is 0. The molecule has 1 heterocycles. The van der Waals surface area contributed by atoms with Crippen LogP contribution in [0.15, 0.2) is 21.2 Å². The molecule has 0 atom stereocenters. The number of benzene rings is 1. The van der Waals surface area contributed by atoms with Crippen LogP contribution in [0.3, 0.4) is 0 Å². The van der Waals surface area contributed by atoms with Gasteiger partial charge in [0.05, 0.1) is 6.26 Å². The van der Waals surface area contributed by atoms with E-state index in [1.165, 1.54) is 6.26 Å². The molecular formula is C12H12BrF2NO. The molecule has 0 spiro atoms. The van der Waals surface area contributed by atoms with E-state index in [1.54, 1.807) is 0 Å². The maximum atomic E-state index is 13.5. The lowest BCUT2D eigenvalue weighted by Crippen LogP contribution is -2.21. The van der Waals surface area contributed by atoms with Crippen LogP contribution in [0.1, 0.15) is 19.4 Å². The second-order valence-electron chi connectivity index (χ2n) is 4.15. The molecule has 0 saturated carbocycles. The van der Waals surface area contributed by atoms with Crippen LogP contribution in [-0.4, -0.2) is 6.04 Å². The van der Waals surface area contributed by atoms with Gasteiger partial charge in [-0.2, -0.15) is 4.39 Å². The molecular weight excluding hydrogens is 292 g/mol. The van der Waals surface area contributed by atoms with E-state index in [2.05, 4.69) is 21.2 Å². The van der Waals surface area contributed by atoms with Gasteiger partial charge in [0.25, 0.3) is 0 Å². The molecule has 0 aliphatic carbocycles. The Balaban J connectivity index is 2.49. The summed E-state index contributed by atoms with van der Waals surface area (Å²) < 4.78 is 32.2. The number of hydrogen-bond acceptors (Lipinski definition) is 2. The summed E-state index contributed by atoms with van der Waals surface area (Å²) in [5, 5.41) is 3.78. The molecule has 0 bridgehead atoms. The van der Waals surface area contributed by atoms with Crippen LogP contribution >= 0.6 is 15.9 Å². The van der Waals surface area contributed by atoms with Gasteiger partial charge in [-0.15, -0.1) is 0 Å².